The number of piperazine rings is 1. The van der Waals surface area contributed by atoms with Gasteiger partial charge in [-0.1, -0.05) is 0 Å². The highest BCUT2D eigenvalue weighted by Gasteiger charge is 2.21. The maximum Gasteiger partial charge on any atom is 0.188 e. The number of nitrogens with two attached hydrogens (primary N) is 1. The van der Waals surface area contributed by atoms with E-state index in [9.17, 15) is 4.39 Å². The minimum atomic E-state index is -0.221. The molecule has 9 heteroatoms. The second kappa shape index (κ2) is 7.12. The SMILES string of the molecule is Nc1c(Nc2nccs2)ncnc1N1CCN(c2ccc(F)cc2)CC1. The monoisotopic (exact) mass is 371 g/mol. The molecule has 134 valence electrons. The molecule has 1 fully saturated rings. The molecule has 0 atom stereocenters. The molecule has 0 radical (unpaired) electrons. The average molecular weight is 371 g/mol. The zero-order valence-electron chi connectivity index (χ0n) is 14.0. The van der Waals surface area contributed by atoms with Crippen LogP contribution in [0.15, 0.2) is 42.2 Å². The minimum Gasteiger partial charge on any atom is -0.393 e. The van der Waals surface area contributed by atoms with Gasteiger partial charge in [-0.05, 0) is 24.3 Å². The summed E-state index contributed by atoms with van der Waals surface area (Å²) in [5.41, 5.74) is 7.82. The number of hydrogen-bond acceptors (Lipinski definition) is 8. The highest BCUT2D eigenvalue weighted by atomic mass is 32.1. The Morgan fingerprint density at radius 1 is 1.00 bits per heavy atom. The Kier molecular flexibility index (Phi) is 4.53. The van der Waals surface area contributed by atoms with E-state index in [1.165, 1.54) is 29.8 Å². The Balaban J connectivity index is 1.46. The fraction of sp³-hybridized carbons (Fsp3) is 0.235. The van der Waals surface area contributed by atoms with Crippen LogP contribution in [0.1, 0.15) is 0 Å². The van der Waals surface area contributed by atoms with E-state index in [2.05, 4.69) is 30.1 Å². The van der Waals surface area contributed by atoms with Crippen molar-refractivity contribution in [3.05, 3.63) is 48.0 Å². The Bertz CT molecular complexity index is 861. The molecule has 3 N–H and O–H groups in total. The number of nitrogens with one attached hydrogen (secondary N) is 1. The molecule has 0 saturated carbocycles. The van der Waals surface area contributed by atoms with Crippen LogP contribution in [0.5, 0.6) is 0 Å². The van der Waals surface area contributed by atoms with E-state index in [1.807, 2.05) is 5.38 Å². The van der Waals surface area contributed by atoms with E-state index in [1.54, 1.807) is 18.3 Å². The Morgan fingerprint density at radius 2 is 1.73 bits per heavy atom. The number of aromatic nitrogens is 3. The third-order valence-electron chi connectivity index (χ3n) is 4.29. The van der Waals surface area contributed by atoms with Gasteiger partial charge >= 0.3 is 0 Å². The maximum atomic E-state index is 13.1. The predicted molar refractivity (Wildman–Crippen MR) is 103 cm³/mol. The molecule has 0 unspecified atom stereocenters. The first-order valence-corrected chi connectivity index (χ1v) is 9.11. The molecule has 1 aliphatic rings. The summed E-state index contributed by atoms with van der Waals surface area (Å²) in [7, 11) is 0. The van der Waals surface area contributed by atoms with Crippen LogP contribution in [-0.2, 0) is 0 Å². The molecular weight excluding hydrogens is 353 g/mol. The second-order valence-electron chi connectivity index (χ2n) is 5.87. The molecule has 3 heterocycles. The molecule has 26 heavy (non-hydrogen) atoms. The molecule has 1 aliphatic heterocycles. The van der Waals surface area contributed by atoms with Gasteiger partial charge in [0.1, 0.15) is 17.8 Å². The third kappa shape index (κ3) is 3.38. The fourth-order valence-corrected chi connectivity index (χ4v) is 3.48. The molecule has 3 aromatic rings. The van der Waals surface area contributed by atoms with Crippen molar-refractivity contribution in [1.29, 1.82) is 0 Å². The van der Waals surface area contributed by atoms with Crippen LogP contribution in [0.2, 0.25) is 0 Å². The number of nitrogens with zero attached hydrogens (tertiary/aromatic N) is 5. The van der Waals surface area contributed by atoms with Crippen LogP contribution in [0.25, 0.3) is 0 Å². The molecule has 7 nitrogen and oxygen atoms in total. The van der Waals surface area contributed by atoms with Gasteiger partial charge < -0.3 is 20.9 Å². The molecule has 0 aliphatic carbocycles. The number of benzene rings is 1. The van der Waals surface area contributed by atoms with Crippen molar-refractivity contribution < 1.29 is 4.39 Å². The Hall–Kier alpha value is -2.94. The van der Waals surface area contributed by atoms with Crippen molar-refractivity contribution in [2.45, 2.75) is 0 Å². The maximum absolute atomic E-state index is 13.1. The molecule has 0 bridgehead atoms. The lowest BCUT2D eigenvalue weighted by Gasteiger charge is -2.37. The number of anilines is 5. The first kappa shape index (κ1) is 16.5. The third-order valence-corrected chi connectivity index (χ3v) is 4.98. The Labute approximate surface area is 154 Å². The van der Waals surface area contributed by atoms with E-state index in [0.29, 0.717) is 11.5 Å². The second-order valence-corrected chi connectivity index (χ2v) is 6.77. The summed E-state index contributed by atoms with van der Waals surface area (Å²) in [6.07, 6.45) is 3.23. The molecular formula is C17H18FN7S. The van der Waals surface area contributed by atoms with Crippen LogP contribution in [0.3, 0.4) is 0 Å². The summed E-state index contributed by atoms with van der Waals surface area (Å²) in [5, 5.41) is 5.75. The zero-order valence-corrected chi connectivity index (χ0v) is 14.8. The minimum absolute atomic E-state index is 0.221. The van der Waals surface area contributed by atoms with Gasteiger partial charge in [-0.25, -0.2) is 19.3 Å². The lowest BCUT2D eigenvalue weighted by atomic mass is 10.2. The molecule has 2 aromatic heterocycles. The van der Waals surface area contributed by atoms with Gasteiger partial charge in [0, 0.05) is 43.4 Å². The first-order chi connectivity index (χ1) is 12.7. The summed E-state index contributed by atoms with van der Waals surface area (Å²) in [6.45, 7) is 3.17. The summed E-state index contributed by atoms with van der Waals surface area (Å²) in [6, 6.07) is 6.58. The van der Waals surface area contributed by atoms with Gasteiger partial charge in [-0.15, -0.1) is 11.3 Å². The predicted octanol–water partition coefficient (Wildman–Crippen LogP) is 2.72. The lowest BCUT2D eigenvalue weighted by Crippen LogP contribution is -2.47. The van der Waals surface area contributed by atoms with E-state index in [-0.39, 0.29) is 5.82 Å². The lowest BCUT2D eigenvalue weighted by molar-refractivity contribution is 0.624. The normalized spacial score (nSPS) is 14.5. The average Bonchev–Trinajstić information content (AvgIpc) is 3.18. The van der Waals surface area contributed by atoms with Gasteiger partial charge in [-0.2, -0.15) is 0 Å². The standard InChI is InChI=1S/C17H18FN7S/c18-12-1-3-13(4-2-12)24-6-8-25(9-7-24)16-14(19)15(21-11-22-16)23-17-20-5-10-26-17/h1-5,10-11H,6-9,19H2,(H,20,21,22,23). The van der Waals surface area contributed by atoms with Crippen molar-refractivity contribution >= 4 is 39.5 Å². The first-order valence-electron chi connectivity index (χ1n) is 8.23. The zero-order chi connectivity index (χ0) is 17.9. The molecule has 1 saturated heterocycles. The van der Waals surface area contributed by atoms with Crippen LogP contribution in [0.4, 0.5) is 32.5 Å². The number of thiazole rings is 1. The van der Waals surface area contributed by atoms with Crippen LogP contribution in [-0.4, -0.2) is 41.1 Å². The topological polar surface area (TPSA) is 83.2 Å². The van der Waals surface area contributed by atoms with Gasteiger partial charge in [0.25, 0.3) is 0 Å². The Morgan fingerprint density at radius 3 is 2.42 bits per heavy atom. The van der Waals surface area contributed by atoms with Crippen LogP contribution >= 0.6 is 11.3 Å². The van der Waals surface area contributed by atoms with Crippen molar-refractivity contribution in [2.75, 3.05) is 47.0 Å². The van der Waals surface area contributed by atoms with Crippen molar-refractivity contribution in [2.24, 2.45) is 0 Å². The largest absolute Gasteiger partial charge is 0.393 e. The van der Waals surface area contributed by atoms with Crippen LogP contribution in [0, 0.1) is 5.82 Å². The van der Waals surface area contributed by atoms with Gasteiger partial charge in [-0.3, -0.25) is 0 Å². The van der Waals surface area contributed by atoms with E-state index in [0.717, 1.165) is 42.8 Å². The number of rotatable bonds is 4. The smallest absolute Gasteiger partial charge is 0.188 e. The molecule has 4 rings (SSSR count). The number of nitrogen functional groups attached to an aromatic ring is 1. The van der Waals surface area contributed by atoms with E-state index in [4.69, 9.17) is 5.73 Å². The molecule has 0 spiro atoms. The summed E-state index contributed by atoms with van der Waals surface area (Å²) in [4.78, 5) is 17.1. The van der Waals surface area contributed by atoms with E-state index < -0.39 is 0 Å². The van der Waals surface area contributed by atoms with Crippen molar-refractivity contribution in [1.82, 2.24) is 15.0 Å². The quantitative estimate of drug-likeness (QED) is 0.729. The van der Waals surface area contributed by atoms with Gasteiger partial charge in [0.05, 0.1) is 0 Å². The highest BCUT2D eigenvalue weighted by Crippen LogP contribution is 2.30. The van der Waals surface area contributed by atoms with E-state index >= 15 is 0 Å². The molecule has 1 aromatic carbocycles. The number of halogens is 1. The number of hydrogen-bond donors (Lipinski definition) is 2. The van der Waals surface area contributed by atoms with Crippen LogP contribution < -0.4 is 20.9 Å². The van der Waals surface area contributed by atoms with Crippen molar-refractivity contribution in [3.63, 3.8) is 0 Å². The fourth-order valence-electron chi connectivity index (χ4n) is 2.95. The summed E-state index contributed by atoms with van der Waals surface area (Å²) in [5.74, 6) is 1.06. The summed E-state index contributed by atoms with van der Waals surface area (Å²) >= 11 is 1.48. The highest BCUT2D eigenvalue weighted by molar-refractivity contribution is 7.13. The van der Waals surface area contributed by atoms with Gasteiger partial charge in [0.15, 0.2) is 16.8 Å². The van der Waals surface area contributed by atoms with Crippen molar-refractivity contribution in [3.8, 4) is 0 Å². The summed E-state index contributed by atoms with van der Waals surface area (Å²) < 4.78 is 13.1. The molecule has 0 amide bonds. The van der Waals surface area contributed by atoms with Gasteiger partial charge in [0.2, 0.25) is 0 Å².